The number of hydrogen-bond acceptors (Lipinski definition) is 4. The molecule has 0 radical (unpaired) electrons. The standard InChI is InChI=1S/C15H16O4/c16-8-13(3-1-2-12-4-5-18-10-12)6-15-7-14(9-17)11-19-15/h4-7,9-11,16H,1-3,8H2. The van der Waals surface area contributed by atoms with Crippen molar-refractivity contribution < 1.29 is 18.7 Å². The summed E-state index contributed by atoms with van der Waals surface area (Å²) in [5, 5.41) is 9.31. The van der Waals surface area contributed by atoms with Gasteiger partial charge in [-0.3, -0.25) is 4.79 Å². The predicted octanol–water partition coefficient (Wildman–Crippen LogP) is 3.08. The van der Waals surface area contributed by atoms with Crippen LogP contribution in [-0.4, -0.2) is 18.0 Å². The summed E-state index contributed by atoms with van der Waals surface area (Å²) in [6.45, 7) is -0.0114. The maximum Gasteiger partial charge on any atom is 0.153 e. The first kappa shape index (κ1) is 13.4. The molecule has 2 aromatic heterocycles. The van der Waals surface area contributed by atoms with E-state index in [1.807, 2.05) is 6.07 Å². The Morgan fingerprint density at radius 3 is 2.89 bits per heavy atom. The summed E-state index contributed by atoms with van der Waals surface area (Å²) >= 11 is 0. The molecule has 2 aromatic rings. The highest BCUT2D eigenvalue weighted by Crippen LogP contribution is 2.15. The van der Waals surface area contributed by atoms with Gasteiger partial charge in [0.25, 0.3) is 0 Å². The Balaban J connectivity index is 1.90. The molecule has 2 rings (SSSR count). The van der Waals surface area contributed by atoms with E-state index in [2.05, 4.69) is 0 Å². The number of aryl methyl sites for hydroxylation is 1. The highest BCUT2D eigenvalue weighted by molar-refractivity contribution is 5.75. The molecule has 0 saturated heterocycles. The minimum absolute atomic E-state index is 0.0114. The lowest BCUT2D eigenvalue weighted by Crippen LogP contribution is -1.92. The summed E-state index contributed by atoms with van der Waals surface area (Å²) in [5.74, 6) is 0.592. The van der Waals surface area contributed by atoms with Gasteiger partial charge < -0.3 is 13.9 Å². The zero-order chi connectivity index (χ0) is 13.5. The van der Waals surface area contributed by atoms with E-state index in [0.29, 0.717) is 11.3 Å². The van der Waals surface area contributed by atoms with E-state index in [0.717, 1.165) is 36.7 Å². The second kappa shape index (κ2) is 6.75. The average Bonchev–Trinajstić information content (AvgIpc) is 3.08. The molecule has 0 bridgehead atoms. The van der Waals surface area contributed by atoms with Gasteiger partial charge in [0.05, 0.1) is 24.7 Å². The molecule has 4 heteroatoms. The molecule has 0 unspecified atom stereocenters. The quantitative estimate of drug-likeness (QED) is 0.777. The molecule has 0 aromatic carbocycles. The molecule has 0 atom stereocenters. The molecule has 0 amide bonds. The van der Waals surface area contributed by atoms with E-state index < -0.39 is 0 Å². The van der Waals surface area contributed by atoms with Gasteiger partial charge in [0, 0.05) is 0 Å². The molecule has 4 nitrogen and oxygen atoms in total. The molecular weight excluding hydrogens is 244 g/mol. The third kappa shape index (κ3) is 3.96. The molecule has 0 aliphatic rings. The summed E-state index contributed by atoms with van der Waals surface area (Å²) < 4.78 is 10.2. The molecule has 0 spiro atoms. The number of rotatable bonds is 7. The van der Waals surface area contributed by atoms with E-state index in [1.165, 1.54) is 6.26 Å². The maximum absolute atomic E-state index is 10.5. The van der Waals surface area contributed by atoms with E-state index >= 15 is 0 Å². The predicted molar refractivity (Wildman–Crippen MR) is 70.8 cm³/mol. The van der Waals surface area contributed by atoms with E-state index in [9.17, 15) is 9.90 Å². The molecule has 1 N–H and O–H groups in total. The van der Waals surface area contributed by atoms with Gasteiger partial charge in [-0.25, -0.2) is 0 Å². The topological polar surface area (TPSA) is 63.6 Å². The highest BCUT2D eigenvalue weighted by atomic mass is 16.3. The van der Waals surface area contributed by atoms with Crippen LogP contribution in [0.4, 0.5) is 0 Å². The second-order valence-corrected chi connectivity index (χ2v) is 4.35. The van der Waals surface area contributed by atoms with E-state index in [4.69, 9.17) is 8.83 Å². The van der Waals surface area contributed by atoms with Gasteiger partial charge in [-0.15, -0.1) is 0 Å². The van der Waals surface area contributed by atoms with Gasteiger partial charge in [-0.05, 0) is 48.6 Å². The minimum atomic E-state index is -0.0114. The van der Waals surface area contributed by atoms with Gasteiger partial charge in [0.15, 0.2) is 6.29 Å². The molecule has 0 aliphatic carbocycles. The van der Waals surface area contributed by atoms with Crippen LogP contribution in [0.15, 0.2) is 45.3 Å². The summed E-state index contributed by atoms with van der Waals surface area (Å²) in [5.41, 5.74) is 2.54. The molecule has 0 fully saturated rings. The smallest absolute Gasteiger partial charge is 0.153 e. The number of carbonyl (C=O) groups is 1. The van der Waals surface area contributed by atoms with Gasteiger partial charge in [0.2, 0.25) is 0 Å². The van der Waals surface area contributed by atoms with Crippen molar-refractivity contribution in [1.29, 1.82) is 0 Å². The van der Waals surface area contributed by atoms with Crippen LogP contribution in [0.1, 0.15) is 34.5 Å². The number of carbonyl (C=O) groups excluding carboxylic acids is 1. The molecule has 0 aliphatic heterocycles. The van der Waals surface area contributed by atoms with Crippen molar-refractivity contribution in [1.82, 2.24) is 0 Å². The van der Waals surface area contributed by atoms with Crippen LogP contribution in [-0.2, 0) is 6.42 Å². The SMILES string of the molecule is O=Cc1coc(C=C(CO)CCCc2ccoc2)c1. The third-order valence-corrected chi connectivity index (χ3v) is 2.87. The van der Waals surface area contributed by atoms with Crippen molar-refractivity contribution in [3.8, 4) is 0 Å². The maximum atomic E-state index is 10.5. The Morgan fingerprint density at radius 1 is 1.37 bits per heavy atom. The van der Waals surface area contributed by atoms with E-state index in [-0.39, 0.29) is 6.61 Å². The summed E-state index contributed by atoms with van der Waals surface area (Å²) in [4.78, 5) is 10.5. The lowest BCUT2D eigenvalue weighted by atomic mass is 10.1. The number of furan rings is 2. The first-order valence-electron chi connectivity index (χ1n) is 6.17. The van der Waals surface area contributed by atoms with Crippen LogP contribution >= 0.6 is 0 Å². The van der Waals surface area contributed by atoms with Crippen LogP contribution < -0.4 is 0 Å². The van der Waals surface area contributed by atoms with Crippen LogP contribution in [0.5, 0.6) is 0 Å². The van der Waals surface area contributed by atoms with Crippen molar-refractivity contribution in [2.24, 2.45) is 0 Å². The van der Waals surface area contributed by atoms with Crippen LogP contribution in [0.25, 0.3) is 6.08 Å². The van der Waals surface area contributed by atoms with Crippen molar-refractivity contribution in [3.63, 3.8) is 0 Å². The first-order chi connectivity index (χ1) is 9.31. The third-order valence-electron chi connectivity index (χ3n) is 2.87. The average molecular weight is 260 g/mol. The Hall–Kier alpha value is -2.07. The van der Waals surface area contributed by atoms with Crippen LogP contribution in [0, 0.1) is 0 Å². The zero-order valence-corrected chi connectivity index (χ0v) is 10.5. The first-order valence-corrected chi connectivity index (χ1v) is 6.17. The normalized spacial score (nSPS) is 11.7. The number of aliphatic hydroxyl groups is 1. The zero-order valence-electron chi connectivity index (χ0n) is 10.5. The summed E-state index contributed by atoms with van der Waals surface area (Å²) in [6, 6.07) is 3.59. The van der Waals surface area contributed by atoms with Crippen molar-refractivity contribution in [3.05, 3.63) is 53.4 Å². The second-order valence-electron chi connectivity index (χ2n) is 4.35. The fourth-order valence-electron chi connectivity index (χ4n) is 1.86. The monoisotopic (exact) mass is 260 g/mol. The van der Waals surface area contributed by atoms with Gasteiger partial charge >= 0.3 is 0 Å². The fourth-order valence-corrected chi connectivity index (χ4v) is 1.86. The minimum Gasteiger partial charge on any atom is -0.472 e. The van der Waals surface area contributed by atoms with Crippen LogP contribution in [0.2, 0.25) is 0 Å². The van der Waals surface area contributed by atoms with E-state index in [1.54, 1.807) is 24.7 Å². The van der Waals surface area contributed by atoms with Gasteiger partial charge in [-0.1, -0.05) is 0 Å². The lowest BCUT2D eigenvalue weighted by molar-refractivity contribution is 0.112. The van der Waals surface area contributed by atoms with Crippen LogP contribution in [0.3, 0.4) is 0 Å². The summed E-state index contributed by atoms with van der Waals surface area (Å²) in [7, 11) is 0. The Kier molecular flexibility index (Phi) is 4.75. The fraction of sp³-hybridized carbons (Fsp3) is 0.267. The molecule has 2 heterocycles. The molecule has 100 valence electrons. The Morgan fingerprint density at radius 2 is 2.26 bits per heavy atom. The molecule has 0 saturated carbocycles. The van der Waals surface area contributed by atoms with Crippen molar-refractivity contribution >= 4 is 12.4 Å². The molecule has 19 heavy (non-hydrogen) atoms. The van der Waals surface area contributed by atoms with Gasteiger partial charge in [0.1, 0.15) is 12.0 Å². The Bertz CT molecular complexity index is 534. The largest absolute Gasteiger partial charge is 0.472 e. The number of aliphatic hydroxyl groups excluding tert-OH is 1. The molecular formula is C15H16O4. The van der Waals surface area contributed by atoms with Crippen molar-refractivity contribution in [2.75, 3.05) is 6.61 Å². The Labute approximate surface area is 111 Å². The van der Waals surface area contributed by atoms with Gasteiger partial charge in [-0.2, -0.15) is 0 Å². The highest BCUT2D eigenvalue weighted by Gasteiger charge is 2.02. The number of hydrogen-bond donors (Lipinski definition) is 1. The van der Waals surface area contributed by atoms with Crippen molar-refractivity contribution in [2.45, 2.75) is 19.3 Å². The summed E-state index contributed by atoms with van der Waals surface area (Å²) in [6.07, 6.45) is 9.91. The lowest BCUT2D eigenvalue weighted by Gasteiger charge is -2.02. The number of aldehydes is 1.